The monoisotopic (exact) mass is 563 g/mol. The van der Waals surface area contributed by atoms with Crippen molar-refractivity contribution in [3.05, 3.63) is 35.9 Å². The second-order valence-electron chi connectivity index (χ2n) is 13.1. The number of hydrogen-bond donors (Lipinski definition) is 0. The van der Waals surface area contributed by atoms with Gasteiger partial charge in [-0.05, 0) is 87.1 Å². The molecule has 9 heteroatoms. The fraction of sp³-hybridized carbons (Fsp3) is 0.677. The number of carbonyl (C=O) groups is 4. The summed E-state index contributed by atoms with van der Waals surface area (Å²) in [6.45, 7) is 16.0. The lowest BCUT2D eigenvalue weighted by atomic mass is 9.82. The Bertz CT molecular complexity index is 904. The van der Waals surface area contributed by atoms with Gasteiger partial charge in [-0.15, -0.1) is 0 Å². The van der Waals surface area contributed by atoms with Crippen molar-refractivity contribution in [2.45, 2.75) is 130 Å². The Hall–Kier alpha value is -3.10. The summed E-state index contributed by atoms with van der Waals surface area (Å²) in [4.78, 5) is 52.9. The minimum atomic E-state index is -1.10. The van der Waals surface area contributed by atoms with Gasteiger partial charge in [0.1, 0.15) is 23.4 Å². The topological polar surface area (TPSA) is 108 Å². The van der Waals surface area contributed by atoms with E-state index in [9.17, 15) is 19.2 Å². The number of benzene rings is 1. The van der Waals surface area contributed by atoms with Gasteiger partial charge in [0.2, 0.25) is 0 Å². The van der Waals surface area contributed by atoms with E-state index in [2.05, 4.69) is 0 Å². The predicted molar refractivity (Wildman–Crippen MR) is 152 cm³/mol. The van der Waals surface area contributed by atoms with Gasteiger partial charge in [-0.1, -0.05) is 30.3 Å². The molecule has 0 radical (unpaired) electrons. The van der Waals surface area contributed by atoms with Crippen LogP contribution in [0.25, 0.3) is 0 Å². The summed E-state index contributed by atoms with van der Waals surface area (Å²) in [6, 6.07) is 9.24. The summed E-state index contributed by atoms with van der Waals surface area (Å²) in [5.74, 6) is -1.34. The quantitative estimate of drug-likeness (QED) is 0.214. The highest BCUT2D eigenvalue weighted by atomic mass is 16.6. The number of rotatable bonds is 12. The highest BCUT2D eigenvalue weighted by Gasteiger charge is 2.40. The maximum Gasteiger partial charge on any atom is 0.410 e. The van der Waals surface area contributed by atoms with Crippen molar-refractivity contribution in [3.8, 4) is 0 Å². The molecule has 1 amide bonds. The molecule has 1 aromatic carbocycles. The zero-order chi connectivity index (χ0) is 30.8. The summed E-state index contributed by atoms with van der Waals surface area (Å²) in [6.07, 6.45) is -0.302. The van der Waals surface area contributed by atoms with Gasteiger partial charge in [0, 0.05) is 31.8 Å². The van der Waals surface area contributed by atoms with Crippen LogP contribution in [0.5, 0.6) is 0 Å². The van der Waals surface area contributed by atoms with Crippen molar-refractivity contribution in [1.29, 1.82) is 0 Å². The van der Waals surface area contributed by atoms with Crippen LogP contribution in [0.3, 0.4) is 0 Å². The molecule has 0 unspecified atom stereocenters. The summed E-state index contributed by atoms with van der Waals surface area (Å²) < 4.78 is 22.1. The fourth-order valence-electron chi connectivity index (χ4n) is 4.07. The third kappa shape index (κ3) is 14.3. The van der Waals surface area contributed by atoms with Crippen LogP contribution < -0.4 is 0 Å². The van der Waals surface area contributed by atoms with Crippen molar-refractivity contribution in [2.24, 2.45) is 0 Å². The van der Waals surface area contributed by atoms with Crippen molar-refractivity contribution < 1.29 is 38.1 Å². The summed E-state index contributed by atoms with van der Waals surface area (Å²) in [7, 11) is 1.56. The van der Waals surface area contributed by atoms with E-state index >= 15 is 0 Å². The molecule has 0 aliphatic heterocycles. The Morgan fingerprint density at radius 1 is 0.625 bits per heavy atom. The van der Waals surface area contributed by atoms with Crippen LogP contribution in [0.4, 0.5) is 4.79 Å². The lowest BCUT2D eigenvalue weighted by Gasteiger charge is -2.42. The number of carbonyl (C=O) groups excluding carboxylic acids is 4. The first-order valence-electron chi connectivity index (χ1n) is 13.8. The van der Waals surface area contributed by atoms with E-state index in [0.29, 0.717) is 0 Å². The Morgan fingerprint density at radius 2 is 0.975 bits per heavy atom. The second-order valence-corrected chi connectivity index (χ2v) is 13.1. The molecule has 1 aromatic rings. The third-order valence-electron chi connectivity index (χ3n) is 5.83. The van der Waals surface area contributed by atoms with Crippen molar-refractivity contribution in [3.63, 3.8) is 0 Å². The first-order valence-corrected chi connectivity index (χ1v) is 13.8. The first-order chi connectivity index (χ1) is 18.2. The van der Waals surface area contributed by atoms with Crippen molar-refractivity contribution >= 4 is 24.0 Å². The van der Waals surface area contributed by atoms with Gasteiger partial charge in [0.05, 0.1) is 0 Å². The van der Waals surface area contributed by atoms with Crippen LogP contribution in [0.2, 0.25) is 0 Å². The number of ether oxygens (including phenoxy) is 4. The first kappa shape index (κ1) is 34.9. The molecule has 226 valence electrons. The molecule has 0 aromatic heterocycles. The number of nitrogens with zero attached hydrogens (tertiary/aromatic N) is 1. The SMILES string of the molecule is CN(C(=O)OCc1ccccc1)C(CCC(=O)OC(C)(C)C)(CCC(=O)OC(C)(C)C)CCC(=O)OC(C)(C)C. The molecule has 0 aliphatic rings. The van der Waals surface area contributed by atoms with Gasteiger partial charge in [-0.25, -0.2) is 4.79 Å². The Morgan fingerprint density at radius 3 is 1.30 bits per heavy atom. The number of esters is 3. The van der Waals surface area contributed by atoms with Gasteiger partial charge in [-0.3, -0.25) is 14.4 Å². The average Bonchev–Trinajstić information content (AvgIpc) is 2.79. The van der Waals surface area contributed by atoms with E-state index in [4.69, 9.17) is 18.9 Å². The smallest absolute Gasteiger partial charge is 0.410 e. The Balaban J connectivity index is 3.30. The number of hydrogen-bond acceptors (Lipinski definition) is 8. The van der Waals surface area contributed by atoms with Gasteiger partial charge < -0.3 is 23.8 Å². The lowest BCUT2D eigenvalue weighted by molar-refractivity contribution is -0.156. The van der Waals surface area contributed by atoms with Gasteiger partial charge in [-0.2, -0.15) is 0 Å². The molecular formula is C31H49NO8. The van der Waals surface area contributed by atoms with E-state index in [1.54, 1.807) is 69.4 Å². The third-order valence-corrected chi connectivity index (χ3v) is 5.83. The molecule has 0 heterocycles. The summed E-state index contributed by atoms with van der Waals surface area (Å²) in [5.41, 5.74) is -2.35. The fourth-order valence-corrected chi connectivity index (χ4v) is 4.07. The van der Waals surface area contributed by atoms with E-state index in [-0.39, 0.29) is 45.1 Å². The highest BCUT2D eigenvalue weighted by Crippen LogP contribution is 2.34. The summed E-state index contributed by atoms with van der Waals surface area (Å²) >= 11 is 0. The van der Waals surface area contributed by atoms with Gasteiger partial charge >= 0.3 is 24.0 Å². The van der Waals surface area contributed by atoms with Crippen molar-refractivity contribution in [1.82, 2.24) is 4.90 Å². The van der Waals surface area contributed by atoms with E-state index in [1.807, 2.05) is 30.3 Å². The lowest BCUT2D eigenvalue weighted by Crippen LogP contribution is -2.51. The zero-order valence-corrected chi connectivity index (χ0v) is 26.0. The van der Waals surface area contributed by atoms with E-state index in [0.717, 1.165) is 5.56 Å². The molecule has 40 heavy (non-hydrogen) atoms. The van der Waals surface area contributed by atoms with Crippen LogP contribution in [-0.2, 0) is 39.9 Å². The molecule has 0 saturated carbocycles. The summed E-state index contributed by atoms with van der Waals surface area (Å²) in [5, 5.41) is 0. The maximum absolute atomic E-state index is 13.3. The normalized spacial score (nSPS) is 12.3. The molecular weight excluding hydrogens is 514 g/mol. The standard InChI is InChI=1S/C31H49NO8/c1-28(2,3)38-24(33)16-19-31(20-17-25(34)39-29(4,5)6,21-18-26(35)40-30(7,8)9)32(10)27(36)37-22-23-14-12-11-13-15-23/h11-15H,16-22H2,1-10H3. The number of amides is 1. The van der Waals surface area contributed by atoms with Crippen molar-refractivity contribution in [2.75, 3.05) is 7.05 Å². The van der Waals surface area contributed by atoms with Crippen LogP contribution in [0.15, 0.2) is 30.3 Å². The molecule has 0 saturated heterocycles. The predicted octanol–water partition coefficient (Wildman–Crippen LogP) is 6.36. The average molecular weight is 564 g/mol. The van der Waals surface area contributed by atoms with Crippen LogP contribution in [0.1, 0.15) is 106 Å². The molecule has 9 nitrogen and oxygen atoms in total. The highest BCUT2D eigenvalue weighted by molar-refractivity contribution is 5.73. The molecule has 0 N–H and O–H groups in total. The molecule has 0 fully saturated rings. The van der Waals surface area contributed by atoms with Crippen LogP contribution in [0, 0.1) is 0 Å². The van der Waals surface area contributed by atoms with Gasteiger partial charge in [0.15, 0.2) is 0 Å². The van der Waals surface area contributed by atoms with E-state index in [1.165, 1.54) is 4.90 Å². The zero-order valence-electron chi connectivity index (χ0n) is 26.0. The maximum atomic E-state index is 13.3. The second kappa shape index (κ2) is 14.5. The molecule has 0 spiro atoms. The largest absolute Gasteiger partial charge is 0.460 e. The molecule has 0 bridgehead atoms. The Kier molecular flexibility index (Phi) is 12.7. The molecule has 0 aliphatic carbocycles. The minimum Gasteiger partial charge on any atom is -0.460 e. The molecule has 1 rings (SSSR count). The molecule has 0 atom stereocenters. The van der Waals surface area contributed by atoms with Gasteiger partial charge in [0.25, 0.3) is 0 Å². The minimum absolute atomic E-state index is 0.0315. The Labute approximate surface area is 239 Å². The van der Waals surface area contributed by atoms with E-state index < -0.39 is 46.3 Å². The van der Waals surface area contributed by atoms with Crippen LogP contribution in [-0.4, -0.2) is 58.3 Å². The van der Waals surface area contributed by atoms with Crippen LogP contribution >= 0.6 is 0 Å².